The Labute approximate surface area is 130 Å². The largest absolute Gasteiger partial charge is 0.365 e. The summed E-state index contributed by atoms with van der Waals surface area (Å²) in [7, 11) is 0. The molecule has 1 N–H and O–H groups in total. The second-order valence-corrected chi connectivity index (χ2v) is 6.49. The second kappa shape index (κ2) is 7.99. The van der Waals surface area contributed by atoms with Gasteiger partial charge in [0.25, 0.3) is 5.76 Å². The third-order valence-electron chi connectivity index (χ3n) is 4.00. The van der Waals surface area contributed by atoms with Crippen molar-refractivity contribution in [3.05, 3.63) is 24.3 Å². The molecule has 2 nitrogen and oxygen atoms in total. The fourth-order valence-electron chi connectivity index (χ4n) is 2.96. The maximum atomic E-state index is 12.8. The summed E-state index contributed by atoms with van der Waals surface area (Å²) in [6.45, 7) is 6.16. The molecule has 0 amide bonds. The summed E-state index contributed by atoms with van der Waals surface area (Å²) < 4.78 is 25.6. The van der Waals surface area contributed by atoms with Crippen molar-refractivity contribution in [3.8, 4) is 0 Å². The van der Waals surface area contributed by atoms with Crippen LogP contribution in [0.4, 0.5) is 14.5 Å². The summed E-state index contributed by atoms with van der Waals surface area (Å²) in [5.41, 5.74) is 0.956. The fraction of sp³-hybridized carbons (Fsp3) is 0.625. The summed E-state index contributed by atoms with van der Waals surface area (Å²) in [6.07, 6.45) is 3.27. The molecule has 0 spiro atoms. The topological polar surface area (TPSA) is 15.3 Å². The molecule has 1 aliphatic rings. The number of para-hydroxylation sites is 1. The zero-order valence-electron chi connectivity index (χ0n) is 12.7. The van der Waals surface area contributed by atoms with Crippen LogP contribution in [0.15, 0.2) is 29.2 Å². The molecule has 118 valence electrons. The predicted molar refractivity (Wildman–Crippen MR) is 86.4 cm³/mol. The molecule has 1 heterocycles. The minimum absolute atomic E-state index is 0.373. The molecule has 5 heteroatoms. The molecule has 2 atom stereocenters. The molecule has 1 fully saturated rings. The van der Waals surface area contributed by atoms with E-state index in [9.17, 15) is 8.78 Å². The van der Waals surface area contributed by atoms with Crippen molar-refractivity contribution in [1.29, 1.82) is 0 Å². The number of alkyl halides is 2. The van der Waals surface area contributed by atoms with Gasteiger partial charge in [-0.05, 0) is 25.0 Å². The fourth-order valence-corrected chi connectivity index (χ4v) is 3.61. The Morgan fingerprint density at radius 1 is 1.33 bits per heavy atom. The van der Waals surface area contributed by atoms with Crippen LogP contribution in [-0.4, -0.2) is 30.9 Å². The van der Waals surface area contributed by atoms with E-state index in [1.807, 2.05) is 18.2 Å². The van der Waals surface area contributed by atoms with E-state index < -0.39 is 5.76 Å². The zero-order valence-corrected chi connectivity index (χ0v) is 13.5. The highest BCUT2D eigenvalue weighted by atomic mass is 32.2. The van der Waals surface area contributed by atoms with E-state index in [1.165, 1.54) is 0 Å². The number of anilines is 1. The number of rotatable bonds is 6. The van der Waals surface area contributed by atoms with Crippen LogP contribution >= 0.6 is 11.8 Å². The monoisotopic (exact) mass is 314 g/mol. The molecule has 0 aromatic heterocycles. The molecule has 1 aromatic carbocycles. The Morgan fingerprint density at radius 3 is 2.76 bits per heavy atom. The highest BCUT2D eigenvalue weighted by Crippen LogP contribution is 2.36. The van der Waals surface area contributed by atoms with Crippen molar-refractivity contribution < 1.29 is 8.78 Å². The number of nitrogens with zero attached hydrogens (tertiary/aromatic N) is 1. The van der Waals surface area contributed by atoms with E-state index in [4.69, 9.17) is 0 Å². The molecule has 21 heavy (non-hydrogen) atoms. The number of halogens is 2. The number of benzene rings is 1. The van der Waals surface area contributed by atoms with E-state index in [-0.39, 0.29) is 0 Å². The number of nitrogens with one attached hydrogen (secondary N) is 1. The molecule has 0 bridgehead atoms. The van der Waals surface area contributed by atoms with E-state index >= 15 is 0 Å². The van der Waals surface area contributed by atoms with E-state index in [0.717, 1.165) is 38.0 Å². The molecule has 1 aromatic rings. The van der Waals surface area contributed by atoms with Gasteiger partial charge in [-0.1, -0.05) is 44.2 Å². The summed E-state index contributed by atoms with van der Waals surface area (Å²) in [6, 6.07) is 8.37. The van der Waals surface area contributed by atoms with Crippen LogP contribution in [0.5, 0.6) is 0 Å². The molecule has 2 rings (SSSR count). The first-order valence-corrected chi connectivity index (χ1v) is 8.57. The summed E-state index contributed by atoms with van der Waals surface area (Å²) in [4.78, 5) is 3.00. The minimum atomic E-state index is -2.37. The molecular weight excluding hydrogens is 290 g/mol. The van der Waals surface area contributed by atoms with Gasteiger partial charge in [0, 0.05) is 30.1 Å². The molecule has 1 saturated heterocycles. The van der Waals surface area contributed by atoms with Crippen LogP contribution in [0.25, 0.3) is 0 Å². The van der Waals surface area contributed by atoms with Crippen molar-refractivity contribution >= 4 is 17.4 Å². The maximum Gasteiger partial charge on any atom is 0.288 e. The Morgan fingerprint density at radius 2 is 2.10 bits per heavy atom. The first kappa shape index (κ1) is 16.6. The lowest BCUT2D eigenvalue weighted by atomic mass is 10.0. The lowest BCUT2D eigenvalue weighted by molar-refractivity contribution is 0.252. The van der Waals surface area contributed by atoms with Crippen molar-refractivity contribution in [2.45, 2.75) is 55.8 Å². The van der Waals surface area contributed by atoms with E-state index in [2.05, 4.69) is 24.1 Å². The molecular formula is C16H24F2N2S. The van der Waals surface area contributed by atoms with Crippen LogP contribution in [-0.2, 0) is 0 Å². The molecule has 1 aliphatic heterocycles. The van der Waals surface area contributed by atoms with Gasteiger partial charge in [0.15, 0.2) is 0 Å². The lowest BCUT2D eigenvalue weighted by Crippen LogP contribution is -2.56. The number of thioether (sulfide) groups is 1. The molecule has 0 aliphatic carbocycles. The molecule has 0 saturated carbocycles. The number of hydrogen-bond acceptors (Lipinski definition) is 3. The van der Waals surface area contributed by atoms with E-state index in [0.29, 0.717) is 28.7 Å². The van der Waals surface area contributed by atoms with Crippen molar-refractivity contribution in [1.82, 2.24) is 5.32 Å². The van der Waals surface area contributed by atoms with Crippen molar-refractivity contribution in [2.75, 3.05) is 18.0 Å². The van der Waals surface area contributed by atoms with Gasteiger partial charge in [0.05, 0.1) is 5.69 Å². The average Bonchev–Trinajstić information content (AvgIpc) is 2.47. The van der Waals surface area contributed by atoms with Gasteiger partial charge in [-0.15, -0.1) is 0 Å². The number of hydrogen-bond donors (Lipinski definition) is 1. The summed E-state index contributed by atoms with van der Waals surface area (Å²) >= 11 is 0.650. The van der Waals surface area contributed by atoms with Crippen LogP contribution in [0, 0.1) is 0 Å². The van der Waals surface area contributed by atoms with Crippen molar-refractivity contribution in [2.24, 2.45) is 0 Å². The normalized spacial score (nSPS) is 22.8. The minimum Gasteiger partial charge on any atom is -0.365 e. The second-order valence-electron chi connectivity index (χ2n) is 5.45. The molecule has 2 unspecified atom stereocenters. The lowest BCUT2D eigenvalue weighted by Gasteiger charge is -2.42. The Kier molecular flexibility index (Phi) is 6.30. The maximum absolute atomic E-state index is 12.8. The van der Waals surface area contributed by atoms with Gasteiger partial charge in [0.2, 0.25) is 0 Å². The predicted octanol–water partition coefficient (Wildman–Crippen LogP) is 4.36. The number of piperazine rings is 1. The third kappa shape index (κ3) is 4.33. The summed E-state index contributed by atoms with van der Waals surface area (Å²) in [5.74, 6) is -2.37. The van der Waals surface area contributed by atoms with Crippen LogP contribution < -0.4 is 10.2 Å². The van der Waals surface area contributed by atoms with Gasteiger partial charge < -0.3 is 10.2 Å². The van der Waals surface area contributed by atoms with Gasteiger partial charge in [-0.3, -0.25) is 0 Å². The van der Waals surface area contributed by atoms with Crippen LogP contribution in [0.2, 0.25) is 0 Å². The molecule has 0 radical (unpaired) electrons. The zero-order chi connectivity index (χ0) is 15.2. The third-order valence-corrected chi connectivity index (χ3v) is 4.78. The Bertz CT molecular complexity index is 442. The Balaban J connectivity index is 2.23. The van der Waals surface area contributed by atoms with Gasteiger partial charge in [0.1, 0.15) is 0 Å². The summed E-state index contributed by atoms with van der Waals surface area (Å²) in [5, 5.41) is 3.58. The first-order chi connectivity index (χ1) is 10.2. The Hall–Kier alpha value is -0.810. The van der Waals surface area contributed by atoms with E-state index in [1.54, 1.807) is 6.07 Å². The highest BCUT2D eigenvalue weighted by Gasteiger charge is 2.28. The highest BCUT2D eigenvalue weighted by molar-refractivity contribution is 7.99. The quantitative estimate of drug-likeness (QED) is 0.786. The van der Waals surface area contributed by atoms with Gasteiger partial charge in [-0.2, -0.15) is 8.78 Å². The van der Waals surface area contributed by atoms with Gasteiger partial charge >= 0.3 is 0 Å². The first-order valence-electron chi connectivity index (χ1n) is 7.69. The standard InChI is InChI=1S/C16H24F2N2S/c1-3-7-12-11-20(13(4-2)10-19-12)14-8-5-6-9-15(14)21-16(17)18/h5-6,8-9,12-13,16,19H,3-4,7,10-11H2,1-2H3. The average molecular weight is 314 g/mol. The van der Waals surface area contributed by atoms with Crippen LogP contribution in [0.3, 0.4) is 0 Å². The van der Waals surface area contributed by atoms with Crippen LogP contribution in [0.1, 0.15) is 33.1 Å². The van der Waals surface area contributed by atoms with Crippen molar-refractivity contribution in [3.63, 3.8) is 0 Å². The van der Waals surface area contributed by atoms with Gasteiger partial charge in [-0.25, -0.2) is 0 Å². The SMILES string of the molecule is CCCC1CN(c2ccccc2SC(F)F)C(CC)CN1. The smallest absolute Gasteiger partial charge is 0.288 e.